The van der Waals surface area contributed by atoms with Crippen molar-refractivity contribution >= 4 is 22.4 Å². The number of hydrogen-bond donors (Lipinski definition) is 1. The maximum Gasteiger partial charge on any atom is 0.309 e. The van der Waals surface area contributed by atoms with Gasteiger partial charge in [0.05, 0.1) is 17.1 Å². The molecule has 1 saturated heterocycles. The van der Waals surface area contributed by atoms with Crippen LogP contribution in [0.25, 0.3) is 16.5 Å². The van der Waals surface area contributed by atoms with E-state index in [1.807, 2.05) is 30.3 Å². The normalized spacial score (nSPS) is 16.8. The van der Waals surface area contributed by atoms with Gasteiger partial charge >= 0.3 is 5.97 Å². The SMILES string of the molecule is CC1=C(CN2CC(C(=O)O)C2)CCc2cc(OCc3ccc4ccccc4n3)ccc21. The summed E-state index contributed by atoms with van der Waals surface area (Å²) in [5.41, 5.74) is 7.25. The van der Waals surface area contributed by atoms with Gasteiger partial charge in [-0.1, -0.05) is 35.9 Å². The van der Waals surface area contributed by atoms with Gasteiger partial charge in [-0.25, -0.2) is 4.98 Å². The molecule has 1 aliphatic carbocycles. The molecule has 0 radical (unpaired) electrons. The Morgan fingerprint density at radius 2 is 1.97 bits per heavy atom. The van der Waals surface area contributed by atoms with Crippen LogP contribution in [0.4, 0.5) is 0 Å². The Bertz CT molecular complexity index is 1180. The number of carboxylic acids is 1. The molecule has 0 saturated carbocycles. The first-order valence-corrected chi connectivity index (χ1v) is 10.8. The van der Waals surface area contributed by atoms with E-state index >= 15 is 0 Å². The van der Waals surface area contributed by atoms with Gasteiger partial charge in [0.15, 0.2) is 0 Å². The molecule has 2 aromatic carbocycles. The van der Waals surface area contributed by atoms with Crippen LogP contribution in [-0.4, -0.2) is 40.6 Å². The third kappa shape index (κ3) is 4.06. The molecule has 1 aromatic heterocycles. The van der Waals surface area contributed by atoms with Crippen molar-refractivity contribution in [1.29, 1.82) is 0 Å². The predicted octanol–water partition coefficient (Wildman–Crippen LogP) is 4.55. The van der Waals surface area contributed by atoms with Crippen molar-refractivity contribution in [3.8, 4) is 5.75 Å². The first-order valence-electron chi connectivity index (χ1n) is 10.8. The van der Waals surface area contributed by atoms with Crippen LogP contribution in [0.5, 0.6) is 5.75 Å². The second kappa shape index (κ2) is 8.16. The van der Waals surface area contributed by atoms with E-state index < -0.39 is 5.97 Å². The zero-order valence-corrected chi connectivity index (χ0v) is 17.7. The number of carbonyl (C=O) groups is 1. The molecule has 0 atom stereocenters. The Morgan fingerprint density at radius 3 is 2.81 bits per heavy atom. The molecule has 1 N–H and O–H groups in total. The molecule has 1 fully saturated rings. The van der Waals surface area contributed by atoms with Gasteiger partial charge in [-0.3, -0.25) is 9.69 Å². The number of likely N-dealkylation sites (tertiary alicyclic amines) is 1. The number of benzene rings is 2. The maximum absolute atomic E-state index is 11.0. The molecule has 0 bridgehead atoms. The lowest BCUT2D eigenvalue weighted by Gasteiger charge is -2.38. The van der Waals surface area contributed by atoms with Gasteiger partial charge in [0.1, 0.15) is 12.4 Å². The second-order valence-electron chi connectivity index (χ2n) is 8.56. The van der Waals surface area contributed by atoms with Gasteiger partial charge in [-0.05, 0) is 60.7 Å². The van der Waals surface area contributed by atoms with Crippen LogP contribution in [0.2, 0.25) is 0 Å². The Morgan fingerprint density at radius 1 is 1.13 bits per heavy atom. The third-order valence-corrected chi connectivity index (χ3v) is 6.47. The van der Waals surface area contributed by atoms with Gasteiger partial charge in [0.25, 0.3) is 0 Å². The largest absolute Gasteiger partial charge is 0.487 e. The van der Waals surface area contributed by atoms with Crippen molar-refractivity contribution in [2.45, 2.75) is 26.4 Å². The fourth-order valence-electron chi connectivity index (χ4n) is 4.56. The summed E-state index contributed by atoms with van der Waals surface area (Å²) >= 11 is 0. The Balaban J connectivity index is 1.25. The number of para-hydroxylation sites is 1. The number of nitrogens with zero attached hydrogens (tertiary/aromatic N) is 2. The van der Waals surface area contributed by atoms with Gasteiger partial charge in [0, 0.05) is 25.0 Å². The van der Waals surface area contributed by atoms with E-state index in [1.54, 1.807) is 0 Å². The van der Waals surface area contributed by atoms with E-state index in [2.05, 4.69) is 41.1 Å². The highest BCUT2D eigenvalue weighted by Gasteiger charge is 2.33. The first kappa shape index (κ1) is 19.8. The van der Waals surface area contributed by atoms with Crippen molar-refractivity contribution < 1.29 is 14.6 Å². The zero-order valence-electron chi connectivity index (χ0n) is 17.7. The third-order valence-electron chi connectivity index (χ3n) is 6.47. The molecule has 1 aliphatic heterocycles. The van der Waals surface area contributed by atoms with E-state index in [9.17, 15) is 4.79 Å². The highest BCUT2D eigenvalue weighted by atomic mass is 16.5. The van der Waals surface area contributed by atoms with Crippen molar-refractivity contribution in [2.75, 3.05) is 19.6 Å². The number of aromatic nitrogens is 1. The standard InChI is InChI=1S/C26H26N2O3/c1-17-20(13-28-14-21(15-28)26(29)30)7-6-19-12-23(10-11-24(17)19)31-16-22-9-8-18-4-2-3-5-25(18)27-22/h2-5,8-12,21H,6-7,13-16H2,1H3,(H,29,30). The van der Waals surface area contributed by atoms with E-state index in [1.165, 1.54) is 22.3 Å². The number of aliphatic carboxylic acids is 1. The van der Waals surface area contributed by atoms with Crippen molar-refractivity contribution in [3.63, 3.8) is 0 Å². The second-order valence-corrected chi connectivity index (χ2v) is 8.56. The molecular weight excluding hydrogens is 388 g/mol. The molecule has 0 spiro atoms. The Kier molecular flexibility index (Phi) is 5.20. The van der Waals surface area contributed by atoms with Crippen LogP contribution in [0.1, 0.15) is 30.2 Å². The quantitative estimate of drug-likeness (QED) is 0.641. The number of ether oxygens (including phenoxy) is 1. The average molecular weight is 415 g/mol. The zero-order chi connectivity index (χ0) is 21.4. The molecule has 2 heterocycles. The van der Waals surface area contributed by atoms with E-state index in [0.29, 0.717) is 19.7 Å². The highest BCUT2D eigenvalue weighted by molar-refractivity contribution is 5.78. The summed E-state index contributed by atoms with van der Waals surface area (Å²) in [6.45, 7) is 4.83. The number of hydrogen-bond acceptors (Lipinski definition) is 4. The number of rotatable bonds is 6. The minimum absolute atomic E-state index is 0.200. The van der Waals surface area contributed by atoms with Crippen LogP contribution >= 0.6 is 0 Å². The smallest absolute Gasteiger partial charge is 0.309 e. The number of allylic oxidation sites excluding steroid dienone is 1. The van der Waals surface area contributed by atoms with Crippen molar-refractivity contribution in [3.05, 3.63) is 77.0 Å². The van der Waals surface area contributed by atoms with Gasteiger partial charge in [-0.2, -0.15) is 0 Å². The summed E-state index contributed by atoms with van der Waals surface area (Å²) in [5, 5.41) is 10.2. The number of aryl methyl sites for hydroxylation is 1. The molecule has 5 rings (SSSR count). The van der Waals surface area contributed by atoms with Crippen molar-refractivity contribution in [2.24, 2.45) is 5.92 Å². The first-order chi connectivity index (χ1) is 15.1. The predicted molar refractivity (Wildman–Crippen MR) is 121 cm³/mol. The minimum atomic E-state index is -0.678. The summed E-state index contributed by atoms with van der Waals surface area (Å²) < 4.78 is 6.05. The summed E-state index contributed by atoms with van der Waals surface area (Å²) in [4.78, 5) is 17.9. The summed E-state index contributed by atoms with van der Waals surface area (Å²) in [6.07, 6.45) is 2.01. The van der Waals surface area contributed by atoms with Crippen molar-refractivity contribution in [1.82, 2.24) is 9.88 Å². The van der Waals surface area contributed by atoms with Crippen LogP contribution in [0.3, 0.4) is 0 Å². The molecule has 31 heavy (non-hydrogen) atoms. The lowest BCUT2D eigenvalue weighted by molar-refractivity contribution is -0.147. The molecule has 5 nitrogen and oxygen atoms in total. The fourth-order valence-corrected chi connectivity index (χ4v) is 4.56. The fraction of sp³-hybridized carbons (Fsp3) is 0.308. The maximum atomic E-state index is 11.0. The van der Waals surface area contributed by atoms with Crippen LogP contribution in [-0.2, 0) is 17.8 Å². The number of pyridine rings is 1. The van der Waals surface area contributed by atoms with Gasteiger partial charge in [0.2, 0.25) is 0 Å². The molecular formula is C26H26N2O3. The minimum Gasteiger partial charge on any atom is -0.487 e. The number of carboxylic acid groups (broad SMARTS) is 1. The topological polar surface area (TPSA) is 62.7 Å². The molecule has 2 aliphatic rings. The lowest BCUT2D eigenvalue weighted by atomic mass is 9.85. The average Bonchev–Trinajstić information content (AvgIpc) is 2.75. The van der Waals surface area contributed by atoms with E-state index in [-0.39, 0.29) is 5.92 Å². The monoisotopic (exact) mass is 414 g/mol. The molecule has 0 amide bonds. The van der Waals surface area contributed by atoms with E-state index in [4.69, 9.17) is 9.84 Å². The molecule has 5 heteroatoms. The Hall–Kier alpha value is -3.18. The van der Waals surface area contributed by atoms with Crippen LogP contribution in [0.15, 0.2) is 60.2 Å². The lowest BCUT2D eigenvalue weighted by Crippen LogP contribution is -2.50. The number of fused-ring (bicyclic) bond motifs is 2. The van der Waals surface area contributed by atoms with Gasteiger partial charge < -0.3 is 9.84 Å². The van der Waals surface area contributed by atoms with E-state index in [0.717, 1.165) is 41.7 Å². The summed E-state index contributed by atoms with van der Waals surface area (Å²) in [7, 11) is 0. The summed E-state index contributed by atoms with van der Waals surface area (Å²) in [6, 6.07) is 18.6. The van der Waals surface area contributed by atoms with Crippen LogP contribution in [0, 0.1) is 5.92 Å². The Labute approximate surface area is 182 Å². The molecule has 158 valence electrons. The van der Waals surface area contributed by atoms with Gasteiger partial charge in [-0.15, -0.1) is 0 Å². The molecule has 0 unspecified atom stereocenters. The summed E-state index contributed by atoms with van der Waals surface area (Å²) in [5.74, 6) is -0.00653. The highest BCUT2D eigenvalue weighted by Crippen LogP contribution is 2.34. The molecule has 3 aromatic rings. The van der Waals surface area contributed by atoms with Crippen LogP contribution < -0.4 is 4.74 Å².